The van der Waals surface area contributed by atoms with E-state index in [1.807, 2.05) is 13.8 Å². The van der Waals surface area contributed by atoms with E-state index in [1.54, 1.807) is 38.1 Å². The lowest BCUT2D eigenvalue weighted by Crippen LogP contribution is -2.15. The van der Waals surface area contributed by atoms with E-state index in [9.17, 15) is 14.4 Å². The number of hydrogen-bond acceptors (Lipinski definition) is 5. The topological polar surface area (TPSA) is 85.5 Å². The van der Waals surface area contributed by atoms with Gasteiger partial charge in [0.15, 0.2) is 12.4 Å². The smallest absolute Gasteiger partial charge is 0.338 e. The maximum Gasteiger partial charge on any atom is 0.338 e. The Bertz CT molecular complexity index is 831. The molecule has 0 radical (unpaired) electrons. The third kappa shape index (κ3) is 4.39. The number of Topliss-reactive ketones (excluding diaryl/α,β-unsaturated/α-hetero) is 2. The molecule has 0 amide bonds. The normalized spacial score (nSPS) is 10.7. The molecule has 0 fully saturated rings. The molecule has 0 aliphatic heterocycles. The Morgan fingerprint density at radius 1 is 1.08 bits per heavy atom. The maximum atomic E-state index is 12.3. The molecule has 2 rings (SSSR count). The van der Waals surface area contributed by atoms with E-state index in [1.165, 1.54) is 6.92 Å². The highest BCUT2D eigenvalue weighted by Crippen LogP contribution is 2.19. The average Bonchev–Trinajstić information content (AvgIpc) is 2.87. The predicted molar refractivity (Wildman–Crippen MR) is 97.1 cm³/mol. The first-order chi connectivity index (χ1) is 12.2. The predicted octanol–water partition coefficient (Wildman–Crippen LogP) is 3.66. The van der Waals surface area contributed by atoms with Gasteiger partial charge in [-0.2, -0.15) is 0 Å². The third-order valence-corrected chi connectivity index (χ3v) is 3.86. The number of carbonyl (C=O) groups is 3. The number of aryl methyl sites for hydroxylation is 1. The quantitative estimate of drug-likeness (QED) is 0.604. The molecule has 6 heteroatoms. The van der Waals surface area contributed by atoms with Gasteiger partial charge in [-0.15, -0.1) is 0 Å². The summed E-state index contributed by atoms with van der Waals surface area (Å²) in [5.74, 6) is -0.439. The van der Waals surface area contributed by atoms with Gasteiger partial charge in [0.2, 0.25) is 5.78 Å². The molecule has 6 nitrogen and oxygen atoms in total. The minimum Gasteiger partial charge on any atom is -0.491 e. The largest absolute Gasteiger partial charge is 0.491 e. The molecule has 1 aromatic heterocycles. The third-order valence-electron chi connectivity index (χ3n) is 3.86. The fraction of sp³-hybridized carbons (Fsp3) is 0.350. The molecular weight excluding hydrogens is 334 g/mol. The van der Waals surface area contributed by atoms with Crippen molar-refractivity contribution in [1.82, 2.24) is 4.98 Å². The van der Waals surface area contributed by atoms with Gasteiger partial charge in [0.05, 0.1) is 17.4 Å². The highest BCUT2D eigenvalue weighted by Gasteiger charge is 2.21. The monoisotopic (exact) mass is 357 g/mol. The summed E-state index contributed by atoms with van der Waals surface area (Å²) in [7, 11) is 0. The van der Waals surface area contributed by atoms with Crippen LogP contribution in [0.3, 0.4) is 0 Å². The van der Waals surface area contributed by atoms with E-state index in [0.29, 0.717) is 33.8 Å². The fourth-order valence-electron chi connectivity index (χ4n) is 2.79. The molecule has 0 saturated heterocycles. The number of hydrogen-bond donors (Lipinski definition) is 1. The summed E-state index contributed by atoms with van der Waals surface area (Å²) in [6.45, 7) is 8.30. The summed E-state index contributed by atoms with van der Waals surface area (Å²) in [6.07, 6.45) is 0.0396. The lowest BCUT2D eigenvalue weighted by atomic mass is 10.1. The molecule has 2 aromatic rings. The van der Waals surface area contributed by atoms with Gasteiger partial charge in [0.25, 0.3) is 0 Å². The SMILES string of the molecule is CC(=O)c1c(C)[nH]c(C(=O)COC(=O)c2ccc(OC(C)C)cc2)c1C. The van der Waals surface area contributed by atoms with Gasteiger partial charge in [0, 0.05) is 11.3 Å². The number of aromatic nitrogens is 1. The van der Waals surface area contributed by atoms with Crippen molar-refractivity contribution in [3.63, 3.8) is 0 Å². The molecular formula is C20H23NO5. The molecule has 0 bridgehead atoms. The summed E-state index contributed by atoms with van der Waals surface area (Å²) < 4.78 is 10.6. The van der Waals surface area contributed by atoms with Crippen LogP contribution in [0, 0.1) is 13.8 Å². The van der Waals surface area contributed by atoms with E-state index in [0.717, 1.165) is 0 Å². The van der Waals surface area contributed by atoms with Crippen LogP contribution >= 0.6 is 0 Å². The Balaban J connectivity index is 2.02. The number of benzene rings is 1. The van der Waals surface area contributed by atoms with E-state index < -0.39 is 12.6 Å². The van der Waals surface area contributed by atoms with Crippen LogP contribution in [0.15, 0.2) is 24.3 Å². The lowest BCUT2D eigenvalue weighted by molar-refractivity contribution is 0.0473. The van der Waals surface area contributed by atoms with Crippen molar-refractivity contribution >= 4 is 17.5 Å². The van der Waals surface area contributed by atoms with Gasteiger partial charge in [0.1, 0.15) is 5.75 Å². The Hall–Kier alpha value is -2.89. The van der Waals surface area contributed by atoms with E-state index in [4.69, 9.17) is 9.47 Å². The zero-order valence-electron chi connectivity index (χ0n) is 15.6. The van der Waals surface area contributed by atoms with Crippen LogP contribution in [0.1, 0.15) is 63.2 Å². The van der Waals surface area contributed by atoms with E-state index in [-0.39, 0.29) is 17.7 Å². The Morgan fingerprint density at radius 3 is 2.19 bits per heavy atom. The summed E-state index contributed by atoms with van der Waals surface area (Å²) in [5, 5.41) is 0. The molecule has 0 aliphatic carbocycles. The number of aromatic amines is 1. The zero-order chi connectivity index (χ0) is 19.4. The highest BCUT2D eigenvalue weighted by molar-refractivity contribution is 6.04. The van der Waals surface area contributed by atoms with Crippen molar-refractivity contribution in [2.75, 3.05) is 6.61 Å². The molecule has 0 spiro atoms. The number of esters is 1. The van der Waals surface area contributed by atoms with Gasteiger partial charge in [-0.3, -0.25) is 9.59 Å². The molecule has 0 aliphatic rings. The van der Waals surface area contributed by atoms with Crippen LogP contribution in [0.5, 0.6) is 5.75 Å². The van der Waals surface area contributed by atoms with Gasteiger partial charge >= 0.3 is 5.97 Å². The average molecular weight is 357 g/mol. The van der Waals surface area contributed by atoms with Gasteiger partial charge in [-0.05, 0) is 64.4 Å². The second-order valence-corrected chi connectivity index (χ2v) is 6.37. The van der Waals surface area contributed by atoms with E-state index in [2.05, 4.69) is 4.98 Å². The molecule has 0 saturated carbocycles. The van der Waals surface area contributed by atoms with Crippen LogP contribution in [0.2, 0.25) is 0 Å². The molecule has 1 heterocycles. The van der Waals surface area contributed by atoms with Crippen LogP contribution in [0.25, 0.3) is 0 Å². The maximum absolute atomic E-state index is 12.3. The lowest BCUT2D eigenvalue weighted by Gasteiger charge is -2.10. The molecule has 26 heavy (non-hydrogen) atoms. The van der Waals surface area contributed by atoms with Gasteiger partial charge < -0.3 is 14.5 Å². The minimum atomic E-state index is -0.595. The standard InChI is InChI=1S/C20H23NO5/c1-11(2)26-16-8-6-15(7-9-16)20(24)25-10-17(23)19-12(3)18(14(5)22)13(4)21-19/h6-9,11,21H,10H2,1-5H3. The number of ether oxygens (including phenoxy) is 2. The highest BCUT2D eigenvalue weighted by atomic mass is 16.5. The first kappa shape index (κ1) is 19.4. The Labute approximate surface area is 152 Å². The second kappa shape index (κ2) is 7.99. The zero-order valence-corrected chi connectivity index (χ0v) is 15.6. The number of rotatable bonds is 7. The first-order valence-electron chi connectivity index (χ1n) is 8.37. The Morgan fingerprint density at radius 2 is 1.69 bits per heavy atom. The summed E-state index contributed by atoms with van der Waals surface area (Å²) in [5.41, 5.74) is 2.33. The molecule has 1 aromatic carbocycles. The first-order valence-corrected chi connectivity index (χ1v) is 8.37. The number of H-pyrrole nitrogens is 1. The molecule has 138 valence electrons. The second-order valence-electron chi connectivity index (χ2n) is 6.37. The van der Waals surface area contributed by atoms with Crippen molar-refractivity contribution in [2.24, 2.45) is 0 Å². The molecule has 0 atom stereocenters. The number of nitrogens with one attached hydrogen (secondary N) is 1. The molecule has 0 unspecified atom stereocenters. The summed E-state index contributed by atoms with van der Waals surface area (Å²) >= 11 is 0. The van der Waals surface area contributed by atoms with Crippen LogP contribution < -0.4 is 4.74 Å². The fourth-order valence-corrected chi connectivity index (χ4v) is 2.79. The van der Waals surface area contributed by atoms with Crippen molar-refractivity contribution in [3.05, 3.63) is 52.3 Å². The number of ketones is 2. The van der Waals surface area contributed by atoms with Crippen molar-refractivity contribution in [2.45, 2.75) is 40.7 Å². The van der Waals surface area contributed by atoms with Crippen LogP contribution in [-0.4, -0.2) is 35.2 Å². The van der Waals surface area contributed by atoms with Crippen molar-refractivity contribution < 1.29 is 23.9 Å². The van der Waals surface area contributed by atoms with Crippen LogP contribution in [-0.2, 0) is 4.74 Å². The minimum absolute atomic E-state index is 0.0396. The van der Waals surface area contributed by atoms with Crippen molar-refractivity contribution in [1.29, 1.82) is 0 Å². The molecule has 1 N–H and O–H groups in total. The van der Waals surface area contributed by atoms with Crippen molar-refractivity contribution in [3.8, 4) is 5.75 Å². The Kier molecular flexibility index (Phi) is 5.97. The van der Waals surface area contributed by atoms with Gasteiger partial charge in [-0.25, -0.2) is 4.79 Å². The van der Waals surface area contributed by atoms with Gasteiger partial charge in [-0.1, -0.05) is 0 Å². The number of carbonyl (C=O) groups excluding carboxylic acids is 3. The van der Waals surface area contributed by atoms with E-state index >= 15 is 0 Å². The summed E-state index contributed by atoms with van der Waals surface area (Å²) in [6, 6.07) is 6.52. The summed E-state index contributed by atoms with van der Waals surface area (Å²) in [4.78, 5) is 39.0. The van der Waals surface area contributed by atoms with Crippen LogP contribution in [0.4, 0.5) is 0 Å².